The molecule has 0 spiro atoms. The molecule has 1 heterocycles. The maximum absolute atomic E-state index is 11.2. The largest absolute Gasteiger partial charge is 0.493 e. The Balaban J connectivity index is 1.57. The lowest BCUT2D eigenvalue weighted by molar-refractivity contribution is 0.343. The van der Waals surface area contributed by atoms with Crippen LogP contribution in [0.25, 0.3) is 5.69 Å². The van der Waals surface area contributed by atoms with Crippen LogP contribution in [0, 0.1) is 6.92 Å². The summed E-state index contributed by atoms with van der Waals surface area (Å²) >= 11 is 1.47. The number of benzene rings is 2. The highest BCUT2D eigenvalue weighted by Crippen LogP contribution is 2.21. The molecular weight excluding hydrogens is 374 g/mol. The molecule has 0 saturated heterocycles. The highest BCUT2D eigenvalue weighted by atomic mass is 32.2. The Morgan fingerprint density at radius 1 is 1.15 bits per heavy atom. The molecule has 3 aromatic rings. The van der Waals surface area contributed by atoms with Gasteiger partial charge in [-0.1, -0.05) is 30.0 Å². The number of nitrogens with two attached hydrogens (primary N) is 1. The van der Waals surface area contributed by atoms with Crippen LogP contribution < -0.4 is 9.88 Å². The average molecular weight is 391 g/mol. The molecule has 136 valence electrons. The highest BCUT2D eigenvalue weighted by Gasteiger charge is 2.11. The molecule has 0 atom stereocenters. The number of tetrazole rings is 1. The molecule has 0 saturated carbocycles. The minimum atomic E-state index is -3.69. The molecule has 10 heteroatoms. The Labute approximate surface area is 155 Å². The first-order valence-corrected chi connectivity index (χ1v) is 10.2. The van der Waals surface area contributed by atoms with Gasteiger partial charge in [-0.05, 0) is 53.2 Å². The summed E-state index contributed by atoms with van der Waals surface area (Å²) in [5.41, 5.74) is 2.01. The van der Waals surface area contributed by atoms with Crippen molar-refractivity contribution in [3.05, 3.63) is 54.1 Å². The van der Waals surface area contributed by atoms with Gasteiger partial charge in [0.05, 0.1) is 17.2 Å². The van der Waals surface area contributed by atoms with Crippen molar-refractivity contribution in [2.45, 2.75) is 17.0 Å². The Hall–Kier alpha value is -2.43. The van der Waals surface area contributed by atoms with Gasteiger partial charge in [-0.25, -0.2) is 13.6 Å². The number of primary sulfonamides is 1. The molecule has 0 fully saturated rings. The first kappa shape index (κ1) is 18.4. The minimum Gasteiger partial charge on any atom is -0.493 e. The molecule has 0 aliphatic carbocycles. The second kappa shape index (κ2) is 7.85. The molecule has 8 nitrogen and oxygen atoms in total. The molecular formula is C16H17N5O3S2. The van der Waals surface area contributed by atoms with Crippen LogP contribution in [-0.4, -0.2) is 41.0 Å². The summed E-state index contributed by atoms with van der Waals surface area (Å²) in [6.07, 6.45) is 0. The minimum absolute atomic E-state index is 0.0524. The zero-order valence-electron chi connectivity index (χ0n) is 13.9. The molecule has 0 aliphatic heterocycles. The van der Waals surface area contributed by atoms with Crippen LogP contribution in [0.4, 0.5) is 0 Å². The topological polar surface area (TPSA) is 113 Å². The van der Waals surface area contributed by atoms with Gasteiger partial charge in [0.15, 0.2) is 0 Å². The number of hydrogen-bond acceptors (Lipinski definition) is 7. The Kier molecular flexibility index (Phi) is 5.55. The van der Waals surface area contributed by atoms with E-state index in [2.05, 4.69) is 15.5 Å². The first-order valence-electron chi connectivity index (χ1n) is 7.68. The zero-order chi connectivity index (χ0) is 18.6. The second-order valence-electron chi connectivity index (χ2n) is 5.37. The molecule has 3 rings (SSSR count). The van der Waals surface area contributed by atoms with E-state index < -0.39 is 10.0 Å². The van der Waals surface area contributed by atoms with E-state index in [9.17, 15) is 8.42 Å². The number of hydrogen-bond donors (Lipinski definition) is 1. The van der Waals surface area contributed by atoms with Crippen LogP contribution in [0.15, 0.2) is 58.6 Å². The van der Waals surface area contributed by atoms with Crippen LogP contribution in [0.2, 0.25) is 0 Å². The van der Waals surface area contributed by atoms with Crippen LogP contribution in [0.5, 0.6) is 5.75 Å². The number of ether oxygens (including phenoxy) is 1. The summed E-state index contributed by atoms with van der Waals surface area (Å²) in [5.74, 6) is 1.19. The van der Waals surface area contributed by atoms with Crippen molar-refractivity contribution in [3.63, 3.8) is 0 Å². The van der Waals surface area contributed by atoms with Gasteiger partial charge in [0.25, 0.3) is 0 Å². The van der Waals surface area contributed by atoms with Gasteiger partial charge >= 0.3 is 0 Å². The molecule has 0 bridgehead atoms. The van der Waals surface area contributed by atoms with E-state index in [1.165, 1.54) is 23.9 Å². The van der Waals surface area contributed by atoms with Crippen molar-refractivity contribution in [1.82, 2.24) is 20.2 Å². The zero-order valence-corrected chi connectivity index (χ0v) is 15.6. The van der Waals surface area contributed by atoms with E-state index >= 15 is 0 Å². The highest BCUT2D eigenvalue weighted by molar-refractivity contribution is 7.99. The number of para-hydroxylation sites is 1. The summed E-state index contributed by atoms with van der Waals surface area (Å²) in [6, 6.07) is 13.8. The molecule has 0 unspecified atom stereocenters. The number of aryl methyl sites for hydroxylation is 1. The van der Waals surface area contributed by atoms with Crippen molar-refractivity contribution >= 4 is 21.8 Å². The average Bonchev–Trinajstić information content (AvgIpc) is 3.07. The summed E-state index contributed by atoms with van der Waals surface area (Å²) in [6.45, 7) is 2.42. The predicted molar refractivity (Wildman–Crippen MR) is 97.9 cm³/mol. The Bertz CT molecular complexity index is 987. The third kappa shape index (κ3) is 4.40. The predicted octanol–water partition coefficient (Wildman–Crippen LogP) is 1.79. The Morgan fingerprint density at radius 3 is 2.58 bits per heavy atom. The van der Waals surface area contributed by atoms with E-state index in [-0.39, 0.29) is 4.90 Å². The number of rotatable bonds is 7. The molecule has 2 aromatic carbocycles. The number of nitrogens with zero attached hydrogens (tertiary/aromatic N) is 4. The van der Waals surface area contributed by atoms with Crippen molar-refractivity contribution in [2.24, 2.45) is 5.14 Å². The van der Waals surface area contributed by atoms with Gasteiger partial charge in [-0.15, -0.1) is 5.10 Å². The summed E-state index contributed by atoms with van der Waals surface area (Å²) in [5, 5.41) is 17.6. The SMILES string of the molecule is Cc1ccccc1-n1nnnc1SCCOc1ccc(S(N)(=O)=O)cc1. The maximum atomic E-state index is 11.2. The van der Waals surface area contributed by atoms with E-state index in [1.54, 1.807) is 16.8 Å². The smallest absolute Gasteiger partial charge is 0.238 e. The van der Waals surface area contributed by atoms with Gasteiger partial charge in [0.1, 0.15) is 5.75 Å². The van der Waals surface area contributed by atoms with E-state index in [0.717, 1.165) is 11.3 Å². The number of aromatic nitrogens is 4. The van der Waals surface area contributed by atoms with E-state index in [1.807, 2.05) is 31.2 Å². The van der Waals surface area contributed by atoms with Crippen molar-refractivity contribution in [1.29, 1.82) is 0 Å². The number of sulfonamides is 1. The molecule has 26 heavy (non-hydrogen) atoms. The standard InChI is InChI=1S/C16H17N5O3S2/c1-12-4-2-3-5-15(12)21-16(18-19-20-21)25-11-10-24-13-6-8-14(9-7-13)26(17,22)23/h2-9H,10-11H2,1H3,(H2,17,22,23). The van der Waals surface area contributed by atoms with Crippen LogP contribution in [-0.2, 0) is 10.0 Å². The summed E-state index contributed by atoms with van der Waals surface area (Å²) in [7, 11) is -3.69. The third-order valence-electron chi connectivity index (χ3n) is 3.52. The summed E-state index contributed by atoms with van der Waals surface area (Å²) < 4.78 is 29.7. The maximum Gasteiger partial charge on any atom is 0.238 e. The lowest BCUT2D eigenvalue weighted by atomic mass is 10.2. The fraction of sp³-hybridized carbons (Fsp3) is 0.188. The fourth-order valence-corrected chi connectivity index (χ4v) is 3.46. The van der Waals surface area contributed by atoms with Gasteiger partial charge in [-0.3, -0.25) is 0 Å². The summed E-state index contributed by atoms with van der Waals surface area (Å²) in [4.78, 5) is 0.0524. The van der Waals surface area contributed by atoms with Gasteiger partial charge in [0.2, 0.25) is 15.2 Å². The van der Waals surface area contributed by atoms with Crippen LogP contribution in [0.3, 0.4) is 0 Å². The lowest BCUT2D eigenvalue weighted by Crippen LogP contribution is -2.11. The quantitative estimate of drug-likeness (QED) is 0.482. The molecule has 2 N–H and O–H groups in total. The lowest BCUT2D eigenvalue weighted by Gasteiger charge is -2.08. The normalized spacial score (nSPS) is 11.5. The molecule has 0 aliphatic rings. The van der Waals surface area contributed by atoms with Gasteiger partial charge in [-0.2, -0.15) is 4.68 Å². The van der Waals surface area contributed by atoms with E-state index in [4.69, 9.17) is 9.88 Å². The third-order valence-corrected chi connectivity index (χ3v) is 5.33. The van der Waals surface area contributed by atoms with Crippen molar-refractivity contribution in [2.75, 3.05) is 12.4 Å². The monoisotopic (exact) mass is 391 g/mol. The van der Waals surface area contributed by atoms with Gasteiger partial charge in [0, 0.05) is 5.75 Å². The second-order valence-corrected chi connectivity index (χ2v) is 8.00. The fourth-order valence-electron chi connectivity index (χ4n) is 2.24. The van der Waals surface area contributed by atoms with Gasteiger partial charge < -0.3 is 4.74 Å². The van der Waals surface area contributed by atoms with E-state index in [0.29, 0.717) is 23.3 Å². The van der Waals surface area contributed by atoms with Crippen LogP contribution >= 0.6 is 11.8 Å². The van der Waals surface area contributed by atoms with Crippen LogP contribution in [0.1, 0.15) is 5.56 Å². The molecule has 1 aromatic heterocycles. The Morgan fingerprint density at radius 2 is 1.88 bits per heavy atom. The first-order chi connectivity index (χ1) is 12.4. The molecule has 0 amide bonds. The van der Waals surface area contributed by atoms with Crippen molar-refractivity contribution in [3.8, 4) is 11.4 Å². The van der Waals surface area contributed by atoms with Crippen molar-refractivity contribution < 1.29 is 13.2 Å². The number of thioether (sulfide) groups is 1. The molecule has 0 radical (unpaired) electrons.